The van der Waals surface area contributed by atoms with Crippen LogP contribution in [0.25, 0.3) is 10.2 Å². The van der Waals surface area contributed by atoms with Crippen LogP contribution in [-0.2, 0) is 4.74 Å². The summed E-state index contributed by atoms with van der Waals surface area (Å²) in [5.41, 5.74) is 5.72. The standard InChI is InChI=1S/C12H17N5OS/c13-12-15-10(9-1-8-19-11(9)16-12)14-2-3-17-4-6-18-7-5-17/h1,8H,2-7H2,(H3,13,14,15,16). The van der Waals surface area contributed by atoms with Crippen molar-refractivity contribution < 1.29 is 4.74 Å². The highest BCUT2D eigenvalue weighted by molar-refractivity contribution is 7.16. The fourth-order valence-corrected chi connectivity index (χ4v) is 2.93. The zero-order valence-corrected chi connectivity index (χ0v) is 11.4. The molecule has 0 amide bonds. The van der Waals surface area contributed by atoms with Gasteiger partial charge >= 0.3 is 0 Å². The highest BCUT2D eigenvalue weighted by Gasteiger charge is 2.11. The van der Waals surface area contributed by atoms with Crippen LogP contribution in [0.4, 0.5) is 11.8 Å². The summed E-state index contributed by atoms with van der Waals surface area (Å²) in [5.74, 6) is 1.15. The number of nitrogens with two attached hydrogens (primary N) is 1. The number of fused-ring (bicyclic) bond motifs is 1. The smallest absolute Gasteiger partial charge is 0.223 e. The molecule has 1 aliphatic rings. The molecular formula is C12H17N5OS. The highest BCUT2D eigenvalue weighted by Crippen LogP contribution is 2.25. The van der Waals surface area contributed by atoms with Crippen LogP contribution in [0, 0.1) is 0 Å². The van der Waals surface area contributed by atoms with E-state index in [2.05, 4.69) is 20.2 Å². The Bertz CT molecular complexity index is 552. The molecule has 0 atom stereocenters. The maximum Gasteiger partial charge on any atom is 0.223 e. The first-order valence-corrected chi connectivity index (χ1v) is 7.25. The van der Waals surface area contributed by atoms with E-state index >= 15 is 0 Å². The molecule has 0 aromatic carbocycles. The van der Waals surface area contributed by atoms with Crippen molar-refractivity contribution in [1.82, 2.24) is 14.9 Å². The lowest BCUT2D eigenvalue weighted by Gasteiger charge is -2.26. The molecule has 102 valence electrons. The van der Waals surface area contributed by atoms with Crippen molar-refractivity contribution in [2.45, 2.75) is 0 Å². The van der Waals surface area contributed by atoms with Gasteiger partial charge in [0.05, 0.1) is 18.6 Å². The van der Waals surface area contributed by atoms with Gasteiger partial charge in [-0.1, -0.05) is 0 Å². The fourth-order valence-electron chi connectivity index (χ4n) is 2.16. The minimum atomic E-state index is 0.323. The van der Waals surface area contributed by atoms with Gasteiger partial charge in [-0.15, -0.1) is 11.3 Å². The molecule has 1 fully saturated rings. The summed E-state index contributed by atoms with van der Waals surface area (Å²) in [6.07, 6.45) is 0. The van der Waals surface area contributed by atoms with E-state index in [1.54, 1.807) is 11.3 Å². The number of nitrogen functional groups attached to an aromatic ring is 1. The van der Waals surface area contributed by atoms with Crippen LogP contribution in [0.3, 0.4) is 0 Å². The summed E-state index contributed by atoms with van der Waals surface area (Å²) >= 11 is 1.58. The van der Waals surface area contributed by atoms with Crippen molar-refractivity contribution in [3.63, 3.8) is 0 Å². The Morgan fingerprint density at radius 1 is 1.37 bits per heavy atom. The van der Waals surface area contributed by atoms with Gasteiger partial charge in [0.15, 0.2) is 0 Å². The topological polar surface area (TPSA) is 76.3 Å². The molecule has 0 aliphatic carbocycles. The molecule has 1 saturated heterocycles. The SMILES string of the molecule is Nc1nc(NCCN2CCOCC2)c2ccsc2n1. The van der Waals surface area contributed by atoms with Gasteiger partial charge in [-0.3, -0.25) is 4.90 Å². The van der Waals surface area contributed by atoms with Gasteiger partial charge in [0.1, 0.15) is 10.6 Å². The Kier molecular flexibility index (Phi) is 3.77. The van der Waals surface area contributed by atoms with Crippen molar-refractivity contribution in [3.05, 3.63) is 11.4 Å². The molecule has 6 nitrogen and oxygen atoms in total. The molecule has 2 aromatic rings. The Morgan fingerprint density at radius 3 is 3.05 bits per heavy atom. The highest BCUT2D eigenvalue weighted by atomic mass is 32.1. The minimum Gasteiger partial charge on any atom is -0.379 e. The molecule has 3 heterocycles. The first-order valence-electron chi connectivity index (χ1n) is 6.37. The zero-order valence-electron chi connectivity index (χ0n) is 10.6. The van der Waals surface area contributed by atoms with Gasteiger partial charge in [0.25, 0.3) is 0 Å². The first kappa shape index (κ1) is 12.6. The van der Waals surface area contributed by atoms with E-state index in [0.717, 1.165) is 55.4 Å². The molecule has 7 heteroatoms. The van der Waals surface area contributed by atoms with Crippen LogP contribution in [-0.4, -0.2) is 54.3 Å². The summed E-state index contributed by atoms with van der Waals surface area (Å²) in [4.78, 5) is 11.8. The average molecular weight is 279 g/mol. The number of ether oxygens (including phenoxy) is 1. The number of hydrogen-bond acceptors (Lipinski definition) is 7. The van der Waals surface area contributed by atoms with Crippen LogP contribution < -0.4 is 11.1 Å². The lowest BCUT2D eigenvalue weighted by atomic mass is 10.3. The molecule has 3 N–H and O–H groups in total. The van der Waals surface area contributed by atoms with Crippen molar-refractivity contribution in [2.24, 2.45) is 0 Å². The molecule has 0 spiro atoms. The molecule has 2 aromatic heterocycles. The van der Waals surface area contributed by atoms with E-state index in [-0.39, 0.29) is 0 Å². The van der Waals surface area contributed by atoms with E-state index < -0.39 is 0 Å². The quantitative estimate of drug-likeness (QED) is 0.870. The lowest BCUT2D eigenvalue weighted by molar-refractivity contribution is 0.0398. The van der Waals surface area contributed by atoms with E-state index in [0.29, 0.717) is 5.95 Å². The van der Waals surface area contributed by atoms with Crippen LogP contribution in [0.5, 0.6) is 0 Å². The van der Waals surface area contributed by atoms with Gasteiger partial charge in [-0.25, -0.2) is 4.98 Å². The largest absolute Gasteiger partial charge is 0.379 e. The number of nitrogens with one attached hydrogen (secondary N) is 1. The molecule has 0 saturated carbocycles. The second-order valence-corrected chi connectivity index (χ2v) is 5.35. The molecule has 1 aliphatic heterocycles. The Balaban J connectivity index is 1.63. The van der Waals surface area contributed by atoms with Crippen LogP contribution >= 0.6 is 11.3 Å². The number of hydrogen-bond donors (Lipinski definition) is 2. The van der Waals surface area contributed by atoms with Crippen LogP contribution in [0.2, 0.25) is 0 Å². The van der Waals surface area contributed by atoms with Gasteiger partial charge in [-0.05, 0) is 11.4 Å². The minimum absolute atomic E-state index is 0.323. The van der Waals surface area contributed by atoms with E-state index in [1.807, 2.05) is 11.4 Å². The van der Waals surface area contributed by atoms with Gasteiger partial charge < -0.3 is 15.8 Å². The summed E-state index contributed by atoms with van der Waals surface area (Å²) in [6.45, 7) is 5.49. The van der Waals surface area contributed by atoms with Crippen molar-refractivity contribution in [2.75, 3.05) is 50.4 Å². The fraction of sp³-hybridized carbons (Fsp3) is 0.500. The Morgan fingerprint density at radius 2 is 2.21 bits per heavy atom. The molecule has 0 unspecified atom stereocenters. The first-order chi connectivity index (χ1) is 9.33. The predicted octanol–water partition coefficient (Wildman–Crippen LogP) is 1.02. The molecule has 3 rings (SSSR count). The molecular weight excluding hydrogens is 262 g/mol. The second kappa shape index (κ2) is 5.68. The third-order valence-electron chi connectivity index (χ3n) is 3.17. The normalized spacial score (nSPS) is 16.8. The van der Waals surface area contributed by atoms with E-state index in [1.165, 1.54) is 0 Å². The summed E-state index contributed by atoms with van der Waals surface area (Å²) in [5, 5.41) is 6.40. The van der Waals surface area contributed by atoms with E-state index in [4.69, 9.17) is 10.5 Å². The number of nitrogens with zero attached hydrogens (tertiary/aromatic N) is 3. The summed E-state index contributed by atoms with van der Waals surface area (Å²) in [7, 11) is 0. The van der Waals surface area contributed by atoms with Crippen LogP contribution in [0.15, 0.2) is 11.4 Å². The lowest BCUT2D eigenvalue weighted by Crippen LogP contribution is -2.39. The van der Waals surface area contributed by atoms with E-state index in [9.17, 15) is 0 Å². The maximum absolute atomic E-state index is 5.72. The third kappa shape index (κ3) is 2.94. The average Bonchev–Trinajstić information content (AvgIpc) is 2.88. The van der Waals surface area contributed by atoms with Crippen molar-refractivity contribution in [3.8, 4) is 0 Å². The second-order valence-electron chi connectivity index (χ2n) is 4.45. The Hall–Kier alpha value is -1.44. The summed E-state index contributed by atoms with van der Waals surface area (Å²) in [6, 6.07) is 2.02. The van der Waals surface area contributed by atoms with Crippen molar-refractivity contribution in [1.29, 1.82) is 0 Å². The number of aromatic nitrogens is 2. The predicted molar refractivity (Wildman–Crippen MR) is 77.6 cm³/mol. The van der Waals surface area contributed by atoms with Gasteiger partial charge in [0.2, 0.25) is 5.95 Å². The van der Waals surface area contributed by atoms with Gasteiger partial charge in [-0.2, -0.15) is 4.98 Å². The summed E-state index contributed by atoms with van der Waals surface area (Å²) < 4.78 is 5.33. The maximum atomic E-state index is 5.72. The monoisotopic (exact) mass is 279 g/mol. The van der Waals surface area contributed by atoms with Crippen LogP contribution in [0.1, 0.15) is 0 Å². The number of anilines is 2. The zero-order chi connectivity index (χ0) is 13.1. The number of thiophene rings is 1. The molecule has 0 radical (unpaired) electrons. The number of morpholine rings is 1. The van der Waals surface area contributed by atoms with Crippen molar-refractivity contribution >= 4 is 33.3 Å². The third-order valence-corrected chi connectivity index (χ3v) is 3.97. The molecule has 19 heavy (non-hydrogen) atoms. The van der Waals surface area contributed by atoms with Gasteiger partial charge in [0, 0.05) is 26.2 Å². The Labute approximate surface area is 115 Å². The number of rotatable bonds is 4. The molecule has 0 bridgehead atoms.